The lowest BCUT2D eigenvalue weighted by Gasteiger charge is -2.15. The molecule has 0 heterocycles. The molecule has 2 N–H and O–H groups in total. The van der Waals surface area contributed by atoms with Crippen LogP contribution in [0, 0.1) is 0 Å². The first-order valence-corrected chi connectivity index (χ1v) is 11.3. The maximum Gasteiger partial charge on any atom is 0.242 e. The Morgan fingerprint density at radius 3 is 2.34 bits per heavy atom. The summed E-state index contributed by atoms with van der Waals surface area (Å²) in [6, 6.07) is 19.2. The number of carbonyl (C=O) groups is 1. The maximum absolute atomic E-state index is 12.7. The molecule has 3 rings (SSSR count). The molecule has 0 aliphatic heterocycles. The van der Waals surface area contributed by atoms with Crippen molar-refractivity contribution in [2.45, 2.75) is 44.0 Å². The first kappa shape index (κ1) is 21.0. The number of hydrogen-bond donors (Lipinski definition) is 2. The lowest BCUT2D eigenvalue weighted by Crippen LogP contribution is -2.41. The number of amides is 1. The topological polar surface area (TPSA) is 75.3 Å². The number of carbonyl (C=O) groups excluding carboxylic acids is 1. The van der Waals surface area contributed by atoms with Crippen molar-refractivity contribution in [3.05, 3.63) is 72.3 Å². The van der Waals surface area contributed by atoms with Crippen molar-refractivity contribution in [3.8, 4) is 0 Å². The lowest BCUT2D eigenvalue weighted by atomic mass is 10.1. The lowest BCUT2D eigenvalue weighted by molar-refractivity contribution is -0.117. The summed E-state index contributed by atoms with van der Waals surface area (Å²) >= 11 is 0. The van der Waals surface area contributed by atoms with Crippen LogP contribution in [0.25, 0.3) is 10.8 Å². The molecule has 0 fully saturated rings. The summed E-state index contributed by atoms with van der Waals surface area (Å²) in [5, 5.41) is 4.55. The fourth-order valence-electron chi connectivity index (χ4n) is 3.08. The van der Waals surface area contributed by atoms with Crippen LogP contribution in [0.4, 0.5) is 5.69 Å². The van der Waals surface area contributed by atoms with Crippen LogP contribution in [0.2, 0.25) is 0 Å². The number of hydrogen-bond acceptors (Lipinski definition) is 3. The summed E-state index contributed by atoms with van der Waals surface area (Å²) in [6.07, 6.45) is 3.26. The molecule has 0 saturated heterocycles. The molecule has 1 amide bonds. The number of anilines is 1. The van der Waals surface area contributed by atoms with E-state index in [9.17, 15) is 13.2 Å². The van der Waals surface area contributed by atoms with E-state index in [1.54, 1.807) is 18.2 Å². The van der Waals surface area contributed by atoms with Crippen LogP contribution in [0.3, 0.4) is 0 Å². The Labute approximate surface area is 172 Å². The Hall–Kier alpha value is -2.70. The minimum atomic E-state index is -3.82. The molecule has 0 aliphatic rings. The third kappa shape index (κ3) is 5.43. The highest BCUT2D eigenvalue weighted by Gasteiger charge is 2.22. The summed E-state index contributed by atoms with van der Waals surface area (Å²) in [5.74, 6) is -0.407. The quantitative estimate of drug-likeness (QED) is 0.575. The first-order valence-electron chi connectivity index (χ1n) is 9.80. The Kier molecular flexibility index (Phi) is 6.67. The minimum absolute atomic E-state index is 0.135. The predicted molar refractivity (Wildman–Crippen MR) is 117 cm³/mol. The highest BCUT2D eigenvalue weighted by molar-refractivity contribution is 7.89. The van der Waals surface area contributed by atoms with Crippen LogP contribution in [0.15, 0.2) is 71.6 Å². The van der Waals surface area contributed by atoms with Crippen LogP contribution in [-0.4, -0.2) is 20.4 Å². The minimum Gasteiger partial charge on any atom is -0.325 e. The standard InChI is InChI=1S/C23H26N2O3S/c1-3-4-7-18-10-13-21(14-11-18)24-23(26)17(2)25-29(27,28)22-15-12-19-8-5-6-9-20(19)16-22/h5-6,8-17,25H,3-4,7H2,1-2H3,(H,24,26)/t17-/m0/s1. The molecule has 3 aromatic rings. The average molecular weight is 411 g/mol. The van der Waals surface area contributed by atoms with Gasteiger partial charge in [0.2, 0.25) is 15.9 Å². The number of fused-ring (bicyclic) bond motifs is 1. The number of benzene rings is 3. The van der Waals surface area contributed by atoms with E-state index in [1.807, 2.05) is 48.5 Å². The third-order valence-corrected chi connectivity index (χ3v) is 6.34. The van der Waals surface area contributed by atoms with Crippen molar-refractivity contribution in [1.82, 2.24) is 4.72 Å². The van der Waals surface area contributed by atoms with Crippen LogP contribution in [-0.2, 0) is 21.2 Å². The Bertz CT molecular complexity index is 1090. The van der Waals surface area contributed by atoms with Gasteiger partial charge in [0, 0.05) is 5.69 Å². The smallest absolute Gasteiger partial charge is 0.242 e. The van der Waals surface area contributed by atoms with Crippen molar-refractivity contribution >= 4 is 32.4 Å². The van der Waals surface area contributed by atoms with Crippen molar-refractivity contribution in [1.29, 1.82) is 0 Å². The van der Waals surface area contributed by atoms with Crippen LogP contribution in [0.5, 0.6) is 0 Å². The van der Waals surface area contributed by atoms with Gasteiger partial charge in [-0.3, -0.25) is 4.79 Å². The van der Waals surface area contributed by atoms with Crippen molar-refractivity contribution in [3.63, 3.8) is 0 Å². The van der Waals surface area contributed by atoms with Crippen LogP contribution >= 0.6 is 0 Å². The molecule has 0 aromatic heterocycles. The van der Waals surface area contributed by atoms with E-state index >= 15 is 0 Å². The molecule has 0 aliphatic carbocycles. The first-order chi connectivity index (χ1) is 13.9. The molecular weight excluding hydrogens is 384 g/mol. The van der Waals surface area contributed by atoms with E-state index < -0.39 is 22.0 Å². The molecule has 0 unspecified atom stereocenters. The summed E-state index contributed by atoms with van der Waals surface area (Å²) in [7, 11) is -3.82. The second-order valence-electron chi connectivity index (χ2n) is 7.14. The van der Waals surface area contributed by atoms with Crippen LogP contribution in [0.1, 0.15) is 32.3 Å². The van der Waals surface area contributed by atoms with Gasteiger partial charge in [0.1, 0.15) is 0 Å². The van der Waals surface area contributed by atoms with Gasteiger partial charge < -0.3 is 5.32 Å². The van der Waals surface area contributed by atoms with Gasteiger partial charge in [0.05, 0.1) is 10.9 Å². The molecule has 0 saturated carbocycles. The van der Waals surface area contributed by atoms with Gasteiger partial charge >= 0.3 is 0 Å². The highest BCUT2D eigenvalue weighted by atomic mass is 32.2. The molecule has 152 valence electrons. The van der Waals surface area contributed by atoms with Crippen LogP contribution < -0.4 is 10.0 Å². The summed E-state index contributed by atoms with van der Waals surface area (Å²) in [5.41, 5.74) is 1.86. The Morgan fingerprint density at radius 1 is 0.966 bits per heavy atom. The number of unbranched alkanes of at least 4 members (excludes halogenated alkanes) is 1. The second kappa shape index (κ2) is 9.20. The zero-order chi connectivity index (χ0) is 20.9. The Morgan fingerprint density at radius 2 is 1.66 bits per heavy atom. The highest BCUT2D eigenvalue weighted by Crippen LogP contribution is 2.19. The average Bonchev–Trinajstić information content (AvgIpc) is 2.72. The largest absolute Gasteiger partial charge is 0.325 e. The molecular formula is C23H26N2O3S. The normalized spacial score (nSPS) is 12.6. The van der Waals surface area contributed by atoms with Gasteiger partial charge in [-0.2, -0.15) is 4.72 Å². The molecule has 6 heteroatoms. The van der Waals surface area contributed by atoms with Crippen molar-refractivity contribution in [2.24, 2.45) is 0 Å². The van der Waals surface area contributed by atoms with Gasteiger partial charge in [-0.05, 0) is 60.4 Å². The zero-order valence-corrected chi connectivity index (χ0v) is 17.5. The van der Waals surface area contributed by atoms with E-state index in [0.29, 0.717) is 5.69 Å². The van der Waals surface area contributed by atoms with E-state index in [0.717, 1.165) is 30.0 Å². The fraction of sp³-hybridized carbons (Fsp3) is 0.261. The fourth-order valence-corrected chi connectivity index (χ4v) is 4.31. The Balaban J connectivity index is 1.66. The van der Waals surface area contributed by atoms with Crippen molar-refractivity contribution < 1.29 is 13.2 Å². The number of aryl methyl sites for hydroxylation is 1. The SMILES string of the molecule is CCCCc1ccc(NC(=O)[C@H](C)NS(=O)(=O)c2ccc3ccccc3c2)cc1. The summed E-state index contributed by atoms with van der Waals surface area (Å²) < 4.78 is 27.9. The van der Waals surface area contributed by atoms with Crippen molar-refractivity contribution in [2.75, 3.05) is 5.32 Å². The second-order valence-corrected chi connectivity index (χ2v) is 8.86. The van der Waals surface area contributed by atoms with E-state index in [-0.39, 0.29) is 4.90 Å². The molecule has 1 atom stereocenters. The van der Waals surface area contributed by atoms with E-state index in [1.165, 1.54) is 12.5 Å². The van der Waals surface area contributed by atoms with Gasteiger partial charge in [-0.1, -0.05) is 55.8 Å². The van der Waals surface area contributed by atoms with E-state index in [4.69, 9.17) is 0 Å². The molecule has 0 spiro atoms. The number of nitrogens with one attached hydrogen (secondary N) is 2. The van der Waals surface area contributed by atoms with Gasteiger partial charge in [-0.25, -0.2) is 8.42 Å². The van der Waals surface area contributed by atoms with Gasteiger partial charge in [-0.15, -0.1) is 0 Å². The number of sulfonamides is 1. The molecule has 3 aromatic carbocycles. The van der Waals surface area contributed by atoms with E-state index in [2.05, 4.69) is 17.0 Å². The third-order valence-electron chi connectivity index (χ3n) is 4.80. The van der Waals surface area contributed by atoms with Gasteiger partial charge in [0.15, 0.2) is 0 Å². The molecule has 29 heavy (non-hydrogen) atoms. The maximum atomic E-state index is 12.7. The summed E-state index contributed by atoms with van der Waals surface area (Å²) in [6.45, 7) is 3.68. The monoisotopic (exact) mass is 410 g/mol. The molecule has 0 bridgehead atoms. The zero-order valence-electron chi connectivity index (χ0n) is 16.7. The summed E-state index contributed by atoms with van der Waals surface area (Å²) in [4.78, 5) is 12.6. The predicted octanol–water partition coefficient (Wildman–Crippen LogP) is 4.49. The van der Waals surface area contributed by atoms with Gasteiger partial charge in [0.25, 0.3) is 0 Å². The molecule has 0 radical (unpaired) electrons. The molecule has 5 nitrogen and oxygen atoms in total. The number of rotatable bonds is 8.